The van der Waals surface area contributed by atoms with Gasteiger partial charge in [-0.15, -0.1) is 0 Å². The van der Waals surface area contributed by atoms with Crippen LogP contribution in [0.5, 0.6) is 0 Å². The molecule has 154 valence electrons. The number of nitrogens with zero attached hydrogens (tertiary/aromatic N) is 2. The highest BCUT2D eigenvalue weighted by Gasteiger charge is 2.52. The van der Waals surface area contributed by atoms with Gasteiger partial charge in [-0.1, -0.05) is 13.8 Å². The van der Waals surface area contributed by atoms with E-state index < -0.39 is 11.9 Å². The van der Waals surface area contributed by atoms with Gasteiger partial charge in [0.25, 0.3) is 0 Å². The minimum atomic E-state index is -1.82. The number of anilines is 2. The SMILES string of the molecule is CCCOC(=O)Nc1ccc2c(c1)[C@]1(C)CCN(C)[C@@H]1N2C.O=C(O)C(=O)O. The highest BCUT2D eigenvalue weighted by molar-refractivity contribution is 6.27. The summed E-state index contributed by atoms with van der Waals surface area (Å²) in [5.74, 6) is -3.65. The molecule has 9 heteroatoms. The first-order valence-corrected chi connectivity index (χ1v) is 9.09. The van der Waals surface area contributed by atoms with E-state index in [9.17, 15) is 4.79 Å². The fraction of sp³-hybridized carbons (Fsp3) is 0.526. The van der Waals surface area contributed by atoms with Crippen LogP contribution in [0.25, 0.3) is 0 Å². The van der Waals surface area contributed by atoms with Gasteiger partial charge >= 0.3 is 18.0 Å². The number of hydrogen-bond donors (Lipinski definition) is 3. The number of likely N-dealkylation sites (N-methyl/N-ethyl adjacent to an activating group) is 2. The molecule has 1 fully saturated rings. The van der Waals surface area contributed by atoms with Gasteiger partial charge in [0.05, 0.1) is 12.8 Å². The number of benzene rings is 1. The number of carboxylic acid groups (broad SMARTS) is 2. The van der Waals surface area contributed by atoms with E-state index in [1.807, 2.05) is 13.0 Å². The molecule has 3 N–H and O–H groups in total. The number of hydrogen-bond acceptors (Lipinski definition) is 6. The predicted octanol–water partition coefficient (Wildman–Crippen LogP) is 2.17. The molecule has 3 rings (SSSR count). The number of likely N-dealkylation sites (tertiary alicyclic amines) is 1. The Morgan fingerprint density at radius 1 is 1.25 bits per heavy atom. The molecular weight excluding hydrogens is 366 g/mol. The second-order valence-electron chi connectivity index (χ2n) is 7.24. The molecule has 2 atom stereocenters. The second-order valence-corrected chi connectivity index (χ2v) is 7.24. The van der Waals surface area contributed by atoms with Gasteiger partial charge in [0.1, 0.15) is 0 Å². The number of ether oxygens (including phenoxy) is 1. The number of carboxylic acids is 2. The number of carbonyl (C=O) groups is 3. The lowest BCUT2D eigenvalue weighted by atomic mass is 9.81. The highest BCUT2D eigenvalue weighted by Crippen LogP contribution is 2.51. The van der Waals surface area contributed by atoms with Gasteiger partial charge in [-0.25, -0.2) is 14.4 Å². The molecule has 0 aromatic heterocycles. The third-order valence-corrected chi connectivity index (χ3v) is 5.20. The topological polar surface area (TPSA) is 119 Å². The maximum absolute atomic E-state index is 11.7. The van der Waals surface area contributed by atoms with E-state index in [1.54, 1.807) is 0 Å². The van der Waals surface area contributed by atoms with Crippen molar-refractivity contribution in [3.63, 3.8) is 0 Å². The van der Waals surface area contributed by atoms with Crippen molar-refractivity contribution < 1.29 is 29.3 Å². The average Bonchev–Trinajstić information content (AvgIpc) is 3.06. The lowest BCUT2D eigenvalue weighted by Gasteiger charge is -2.32. The van der Waals surface area contributed by atoms with Crippen molar-refractivity contribution in [2.75, 3.05) is 37.5 Å². The predicted molar refractivity (Wildman–Crippen MR) is 104 cm³/mol. The summed E-state index contributed by atoms with van der Waals surface area (Å²) in [5.41, 5.74) is 3.50. The first kappa shape index (κ1) is 21.5. The molecule has 0 radical (unpaired) electrons. The number of fused-ring (bicyclic) bond motifs is 3. The van der Waals surface area contributed by atoms with Crippen LogP contribution in [0.4, 0.5) is 16.2 Å². The molecule has 2 aliphatic rings. The van der Waals surface area contributed by atoms with Gasteiger partial charge in [-0.3, -0.25) is 10.2 Å². The highest BCUT2D eigenvalue weighted by atomic mass is 16.5. The summed E-state index contributed by atoms with van der Waals surface area (Å²) >= 11 is 0. The van der Waals surface area contributed by atoms with Crippen molar-refractivity contribution in [2.24, 2.45) is 0 Å². The van der Waals surface area contributed by atoms with Gasteiger partial charge in [-0.05, 0) is 43.7 Å². The number of amides is 1. The number of nitrogens with one attached hydrogen (secondary N) is 1. The van der Waals surface area contributed by atoms with Crippen molar-refractivity contribution in [1.29, 1.82) is 0 Å². The van der Waals surface area contributed by atoms with Crippen LogP contribution in [-0.4, -0.2) is 66.6 Å². The molecule has 0 spiro atoms. The molecule has 9 nitrogen and oxygen atoms in total. The lowest BCUT2D eigenvalue weighted by Crippen LogP contribution is -2.45. The Balaban J connectivity index is 0.000000409. The van der Waals surface area contributed by atoms with Gasteiger partial charge in [-0.2, -0.15) is 0 Å². The van der Waals surface area contributed by atoms with Crippen molar-refractivity contribution in [2.45, 2.75) is 38.3 Å². The zero-order valence-electron chi connectivity index (χ0n) is 16.6. The maximum atomic E-state index is 11.7. The lowest BCUT2D eigenvalue weighted by molar-refractivity contribution is -0.159. The van der Waals surface area contributed by atoms with Crippen LogP contribution in [-0.2, 0) is 19.7 Å². The molecule has 1 saturated heterocycles. The number of carbonyl (C=O) groups excluding carboxylic acids is 1. The summed E-state index contributed by atoms with van der Waals surface area (Å²) in [7, 11) is 4.33. The van der Waals surface area contributed by atoms with Crippen LogP contribution >= 0.6 is 0 Å². The molecule has 2 heterocycles. The third kappa shape index (κ3) is 4.19. The molecule has 0 saturated carbocycles. The van der Waals surface area contributed by atoms with Crippen LogP contribution in [0.15, 0.2) is 18.2 Å². The summed E-state index contributed by atoms with van der Waals surface area (Å²) < 4.78 is 5.10. The van der Waals surface area contributed by atoms with E-state index in [0.717, 1.165) is 25.1 Å². The van der Waals surface area contributed by atoms with E-state index in [1.165, 1.54) is 11.3 Å². The van der Waals surface area contributed by atoms with E-state index in [2.05, 4.69) is 48.3 Å². The summed E-state index contributed by atoms with van der Waals surface area (Å²) in [6, 6.07) is 6.16. The normalized spacial score (nSPS) is 22.6. The Morgan fingerprint density at radius 2 is 1.89 bits per heavy atom. The zero-order chi connectivity index (χ0) is 21.1. The molecule has 1 aromatic rings. The minimum absolute atomic E-state index is 0.115. The van der Waals surface area contributed by atoms with Crippen molar-refractivity contribution in [1.82, 2.24) is 4.90 Å². The Morgan fingerprint density at radius 3 is 2.46 bits per heavy atom. The van der Waals surface area contributed by atoms with Crippen molar-refractivity contribution in [3.8, 4) is 0 Å². The van der Waals surface area contributed by atoms with Crippen LogP contribution in [0.3, 0.4) is 0 Å². The Hall–Kier alpha value is -2.81. The van der Waals surface area contributed by atoms with E-state index >= 15 is 0 Å². The van der Waals surface area contributed by atoms with Gasteiger partial charge in [0.2, 0.25) is 0 Å². The monoisotopic (exact) mass is 393 g/mol. The molecule has 0 bridgehead atoms. The minimum Gasteiger partial charge on any atom is -0.473 e. The molecule has 28 heavy (non-hydrogen) atoms. The Kier molecular flexibility index (Phi) is 6.50. The quantitative estimate of drug-likeness (QED) is 0.669. The van der Waals surface area contributed by atoms with Crippen LogP contribution in [0.2, 0.25) is 0 Å². The fourth-order valence-electron chi connectivity index (χ4n) is 4.00. The van der Waals surface area contributed by atoms with E-state index in [0.29, 0.717) is 12.8 Å². The van der Waals surface area contributed by atoms with E-state index in [-0.39, 0.29) is 11.5 Å². The van der Waals surface area contributed by atoms with Gasteiger partial charge in [0, 0.05) is 30.4 Å². The van der Waals surface area contributed by atoms with Crippen LogP contribution < -0.4 is 10.2 Å². The molecule has 1 aromatic carbocycles. The number of aliphatic carboxylic acids is 2. The molecule has 2 aliphatic heterocycles. The van der Waals surface area contributed by atoms with Crippen LogP contribution in [0, 0.1) is 0 Å². The summed E-state index contributed by atoms with van der Waals surface area (Å²) in [6.07, 6.45) is 1.98. The molecule has 0 aliphatic carbocycles. The summed E-state index contributed by atoms with van der Waals surface area (Å²) in [5, 5.41) is 17.6. The summed E-state index contributed by atoms with van der Waals surface area (Å²) in [6.45, 7) is 5.85. The Bertz CT molecular complexity index is 756. The fourth-order valence-corrected chi connectivity index (χ4v) is 4.00. The smallest absolute Gasteiger partial charge is 0.414 e. The Labute approximate surface area is 163 Å². The van der Waals surface area contributed by atoms with Crippen molar-refractivity contribution >= 4 is 29.4 Å². The average molecular weight is 393 g/mol. The first-order valence-electron chi connectivity index (χ1n) is 9.09. The zero-order valence-corrected chi connectivity index (χ0v) is 16.6. The van der Waals surface area contributed by atoms with Gasteiger partial charge in [0.15, 0.2) is 0 Å². The standard InChI is InChI=1S/C17H25N3O2.C2H2O4/c1-5-10-22-16(21)18-12-6-7-14-13(11-12)17(2)8-9-19(3)15(17)20(14)4;3-1(4)2(5)6/h6-7,11,15H,5,8-10H2,1-4H3,(H,18,21);(H,3,4)(H,5,6)/t15-,17+;/m1./s1. The second kappa shape index (κ2) is 8.47. The van der Waals surface area contributed by atoms with Gasteiger partial charge < -0.3 is 19.8 Å². The summed E-state index contributed by atoms with van der Waals surface area (Å²) in [4.78, 5) is 34.7. The van der Waals surface area contributed by atoms with Crippen molar-refractivity contribution in [3.05, 3.63) is 23.8 Å². The molecular formula is C19H27N3O6. The number of rotatable bonds is 3. The van der Waals surface area contributed by atoms with E-state index in [4.69, 9.17) is 24.5 Å². The largest absolute Gasteiger partial charge is 0.473 e. The first-order chi connectivity index (χ1) is 13.1. The molecule has 1 amide bonds. The van der Waals surface area contributed by atoms with Crippen LogP contribution in [0.1, 0.15) is 32.3 Å². The maximum Gasteiger partial charge on any atom is 0.414 e. The third-order valence-electron chi connectivity index (χ3n) is 5.20. The molecule has 0 unspecified atom stereocenters.